The van der Waals surface area contributed by atoms with Crippen molar-refractivity contribution in [3.63, 3.8) is 0 Å². The van der Waals surface area contributed by atoms with Gasteiger partial charge in [-0.15, -0.1) is 21.5 Å². The van der Waals surface area contributed by atoms with Crippen molar-refractivity contribution in [1.82, 2.24) is 19.7 Å². The van der Waals surface area contributed by atoms with Crippen molar-refractivity contribution in [1.29, 1.82) is 0 Å². The van der Waals surface area contributed by atoms with E-state index < -0.39 is 5.82 Å². The number of aromatic nitrogens is 4. The summed E-state index contributed by atoms with van der Waals surface area (Å²) < 4.78 is 16.2. The van der Waals surface area contributed by atoms with Gasteiger partial charge in [-0.05, 0) is 25.0 Å². The van der Waals surface area contributed by atoms with Crippen LogP contribution in [0.2, 0.25) is 0 Å². The maximum absolute atomic E-state index is 14.1. The van der Waals surface area contributed by atoms with Crippen LogP contribution in [-0.4, -0.2) is 25.7 Å². The van der Waals surface area contributed by atoms with E-state index in [0.717, 1.165) is 10.9 Å². The fraction of sp³-hybridized carbons (Fsp3) is 0.294. The Kier molecular flexibility index (Phi) is 4.73. The van der Waals surface area contributed by atoms with Gasteiger partial charge in [0, 0.05) is 24.1 Å². The number of halogens is 1. The number of anilines is 2. The standard InChI is InChI=1S/C17H16FN5OS2/c1-11(24)23(15-5-3-2-4-14(15)18)16-20-12(8-25-16)9-26-17-21-19-10-22(17)13-6-7-13/h2-5,8,10,13H,6-7,9H2,1H3. The fourth-order valence-corrected chi connectivity index (χ4v) is 4.44. The fourth-order valence-electron chi connectivity index (χ4n) is 2.58. The van der Waals surface area contributed by atoms with Crippen molar-refractivity contribution >= 4 is 39.8 Å². The van der Waals surface area contributed by atoms with Gasteiger partial charge < -0.3 is 4.57 Å². The monoisotopic (exact) mass is 389 g/mol. The molecule has 1 aliphatic carbocycles. The second-order valence-electron chi connectivity index (χ2n) is 5.97. The van der Waals surface area contributed by atoms with E-state index in [4.69, 9.17) is 0 Å². The first-order chi connectivity index (χ1) is 12.6. The smallest absolute Gasteiger partial charge is 0.230 e. The third-order valence-corrected chi connectivity index (χ3v) is 5.83. The molecule has 0 aliphatic heterocycles. The van der Waals surface area contributed by atoms with Gasteiger partial charge in [-0.2, -0.15) is 0 Å². The van der Waals surface area contributed by atoms with Crippen LogP contribution in [0.4, 0.5) is 15.2 Å². The predicted octanol–water partition coefficient (Wildman–Crippen LogP) is 4.19. The average molecular weight is 389 g/mol. The lowest BCUT2D eigenvalue weighted by Crippen LogP contribution is -2.23. The molecule has 0 radical (unpaired) electrons. The summed E-state index contributed by atoms with van der Waals surface area (Å²) in [6.45, 7) is 1.40. The maximum Gasteiger partial charge on any atom is 0.230 e. The molecule has 3 aromatic rings. The van der Waals surface area contributed by atoms with E-state index in [1.807, 2.05) is 5.38 Å². The average Bonchev–Trinajstić information content (AvgIpc) is 3.17. The van der Waals surface area contributed by atoms with E-state index in [2.05, 4.69) is 19.7 Å². The minimum absolute atomic E-state index is 0.210. The Bertz CT molecular complexity index is 937. The number of para-hydroxylation sites is 1. The van der Waals surface area contributed by atoms with Crippen LogP contribution in [0.25, 0.3) is 0 Å². The molecule has 26 heavy (non-hydrogen) atoms. The van der Waals surface area contributed by atoms with Gasteiger partial charge in [-0.3, -0.25) is 9.69 Å². The SMILES string of the molecule is CC(=O)N(c1nc(CSc2nncn2C2CC2)cs1)c1ccccc1F. The lowest BCUT2D eigenvalue weighted by molar-refractivity contribution is -0.115. The lowest BCUT2D eigenvalue weighted by Gasteiger charge is -2.18. The van der Waals surface area contributed by atoms with Crippen molar-refractivity contribution in [3.8, 4) is 0 Å². The van der Waals surface area contributed by atoms with Gasteiger partial charge in [0.2, 0.25) is 5.91 Å². The summed E-state index contributed by atoms with van der Waals surface area (Å²) in [6.07, 6.45) is 4.10. The zero-order chi connectivity index (χ0) is 18.1. The Morgan fingerprint density at radius 3 is 2.96 bits per heavy atom. The molecule has 134 valence electrons. The number of thioether (sulfide) groups is 1. The summed E-state index contributed by atoms with van der Waals surface area (Å²) in [5.41, 5.74) is 1.03. The first kappa shape index (κ1) is 17.2. The molecule has 0 atom stereocenters. The number of nitrogens with zero attached hydrogens (tertiary/aromatic N) is 5. The first-order valence-electron chi connectivity index (χ1n) is 8.15. The molecule has 1 amide bonds. The van der Waals surface area contributed by atoms with E-state index in [0.29, 0.717) is 16.9 Å². The van der Waals surface area contributed by atoms with Gasteiger partial charge in [0.15, 0.2) is 10.3 Å². The molecule has 1 aromatic carbocycles. The second kappa shape index (κ2) is 7.16. The maximum atomic E-state index is 14.1. The highest BCUT2D eigenvalue weighted by molar-refractivity contribution is 7.98. The molecular formula is C17H16FN5OS2. The van der Waals surface area contributed by atoms with Crippen molar-refractivity contribution in [2.75, 3.05) is 4.90 Å². The number of amides is 1. The molecular weight excluding hydrogens is 373 g/mol. The molecule has 2 aromatic heterocycles. The molecule has 0 bridgehead atoms. The third kappa shape index (κ3) is 3.49. The largest absolute Gasteiger partial charge is 0.306 e. The topological polar surface area (TPSA) is 63.9 Å². The van der Waals surface area contributed by atoms with Crippen molar-refractivity contribution < 1.29 is 9.18 Å². The quantitative estimate of drug-likeness (QED) is 0.592. The van der Waals surface area contributed by atoms with Crippen LogP contribution in [0.3, 0.4) is 0 Å². The Hall–Kier alpha value is -2.26. The molecule has 1 aliphatic rings. The molecule has 1 fully saturated rings. The zero-order valence-corrected chi connectivity index (χ0v) is 15.6. The highest BCUT2D eigenvalue weighted by Gasteiger charge is 2.26. The summed E-state index contributed by atoms with van der Waals surface area (Å²) >= 11 is 2.88. The summed E-state index contributed by atoms with van der Waals surface area (Å²) in [4.78, 5) is 17.9. The van der Waals surface area contributed by atoms with E-state index in [9.17, 15) is 9.18 Å². The normalized spacial score (nSPS) is 13.8. The van der Waals surface area contributed by atoms with Crippen LogP contribution in [-0.2, 0) is 10.5 Å². The number of carbonyl (C=O) groups is 1. The Morgan fingerprint density at radius 1 is 1.42 bits per heavy atom. The predicted molar refractivity (Wildman–Crippen MR) is 99.2 cm³/mol. The number of benzene rings is 1. The summed E-state index contributed by atoms with van der Waals surface area (Å²) in [5, 5.41) is 11.4. The minimum Gasteiger partial charge on any atom is -0.306 e. The van der Waals surface area contributed by atoms with Crippen LogP contribution in [0.1, 0.15) is 31.5 Å². The highest BCUT2D eigenvalue weighted by atomic mass is 32.2. The van der Waals surface area contributed by atoms with E-state index in [-0.39, 0.29) is 11.6 Å². The van der Waals surface area contributed by atoms with Crippen molar-refractivity contribution in [2.24, 2.45) is 0 Å². The minimum atomic E-state index is -0.452. The van der Waals surface area contributed by atoms with Crippen LogP contribution < -0.4 is 4.90 Å². The number of hydrogen-bond acceptors (Lipinski definition) is 6. The summed E-state index contributed by atoms with van der Waals surface area (Å²) in [6, 6.07) is 6.72. The molecule has 0 unspecified atom stereocenters. The van der Waals surface area contributed by atoms with Gasteiger partial charge in [0.1, 0.15) is 12.1 Å². The summed E-state index contributed by atoms with van der Waals surface area (Å²) in [5.74, 6) is -0.117. The third-order valence-electron chi connectivity index (χ3n) is 3.97. The van der Waals surface area contributed by atoms with Crippen molar-refractivity contribution in [3.05, 3.63) is 47.5 Å². The van der Waals surface area contributed by atoms with E-state index in [1.54, 1.807) is 36.3 Å². The van der Waals surface area contributed by atoms with Crippen LogP contribution in [0, 0.1) is 5.82 Å². The number of carbonyl (C=O) groups excluding carboxylic acids is 1. The Balaban J connectivity index is 1.52. The van der Waals surface area contributed by atoms with Gasteiger partial charge >= 0.3 is 0 Å². The molecule has 4 rings (SSSR count). The first-order valence-corrected chi connectivity index (χ1v) is 10.0. The molecule has 6 nitrogen and oxygen atoms in total. The molecule has 2 heterocycles. The Morgan fingerprint density at radius 2 is 2.23 bits per heavy atom. The van der Waals surface area contributed by atoms with Gasteiger partial charge in [0.25, 0.3) is 0 Å². The Labute approximate surface area is 158 Å². The lowest BCUT2D eigenvalue weighted by atomic mass is 10.3. The number of thiazole rings is 1. The highest BCUT2D eigenvalue weighted by Crippen LogP contribution is 2.38. The van der Waals surface area contributed by atoms with Crippen LogP contribution >= 0.6 is 23.1 Å². The second-order valence-corrected chi connectivity index (χ2v) is 7.75. The molecule has 0 N–H and O–H groups in total. The van der Waals surface area contributed by atoms with Crippen LogP contribution in [0.15, 0.2) is 41.1 Å². The molecule has 0 saturated heterocycles. The van der Waals surface area contributed by atoms with E-state index in [1.165, 1.54) is 42.1 Å². The molecule has 9 heteroatoms. The van der Waals surface area contributed by atoms with Gasteiger partial charge in [0.05, 0.1) is 11.4 Å². The summed E-state index contributed by atoms with van der Waals surface area (Å²) in [7, 11) is 0. The van der Waals surface area contributed by atoms with Gasteiger partial charge in [-0.1, -0.05) is 23.9 Å². The number of rotatable bonds is 6. The van der Waals surface area contributed by atoms with Crippen LogP contribution in [0.5, 0.6) is 0 Å². The zero-order valence-electron chi connectivity index (χ0n) is 14.0. The number of hydrogen-bond donors (Lipinski definition) is 0. The van der Waals surface area contributed by atoms with Gasteiger partial charge in [-0.25, -0.2) is 9.37 Å². The molecule has 1 saturated carbocycles. The van der Waals surface area contributed by atoms with Crippen molar-refractivity contribution in [2.45, 2.75) is 36.7 Å². The molecule has 0 spiro atoms. The van der Waals surface area contributed by atoms with E-state index >= 15 is 0 Å².